The van der Waals surface area contributed by atoms with Crippen molar-refractivity contribution in [2.24, 2.45) is 39.7 Å². The molecule has 4 aliphatic carbocycles. The Hall–Kier alpha value is -1.23. The van der Waals surface area contributed by atoms with Crippen molar-refractivity contribution in [2.75, 3.05) is 20.1 Å². The molecule has 1 saturated heterocycles. The Morgan fingerprint density at radius 3 is 2.62 bits per heavy atom. The summed E-state index contributed by atoms with van der Waals surface area (Å²) in [6.45, 7) is 6.57. The summed E-state index contributed by atoms with van der Waals surface area (Å²) in [5, 5.41) is 4.53. The number of ketones is 2. The molecule has 5 nitrogen and oxygen atoms in total. The molecular weight excluding hydrogens is 364 g/mol. The lowest BCUT2D eigenvalue weighted by atomic mass is 9.45. The number of likely N-dealkylation sites (tertiary alicyclic amines) is 1. The third kappa shape index (κ3) is 3.02. The van der Waals surface area contributed by atoms with Crippen LogP contribution in [-0.2, 0) is 14.4 Å². The number of nitrogens with zero attached hydrogens (tertiary/aromatic N) is 2. The highest BCUT2D eigenvalue weighted by molar-refractivity contribution is 5.93. The van der Waals surface area contributed by atoms with Crippen molar-refractivity contribution in [1.82, 2.24) is 4.90 Å². The molecule has 29 heavy (non-hydrogen) atoms. The summed E-state index contributed by atoms with van der Waals surface area (Å²) in [5.41, 5.74) is 0.999. The molecule has 7 atom stereocenters. The minimum Gasteiger partial charge on any atom is -0.391 e. The summed E-state index contributed by atoms with van der Waals surface area (Å²) >= 11 is 0. The van der Waals surface area contributed by atoms with Crippen LogP contribution in [0.1, 0.15) is 71.6 Å². The zero-order chi connectivity index (χ0) is 20.4. The van der Waals surface area contributed by atoms with Gasteiger partial charge in [0.25, 0.3) is 0 Å². The summed E-state index contributed by atoms with van der Waals surface area (Å²) < 4.78 is 0. The van der Waals surface area contributed by atoms with Gasteiger partial charge in [0.05, 0.1) is 5.71 Å². The van der Waals surface area contributed by atoms with Crippen LogP contribution in [-0.4, -0.2) is 48.4 Å². The molecule has 5 fully saturated rings. The molecule has 160 valence electrons. The zero-order valence-electron chi connectivity index (χ0n) is 18.3. The molecule has 0 amide bonds. The fourth-order valence-corrected chi connectivity index (χ4v) is 7.83. The van der Waals surface area contributed by atoms with Gasteiger partial charge in [-0.05, 0) is 68.7 Å². The lowest BCUT2D eigenvalue weighted by Crippen LogP contribution is -2.56. The van der Waals surface area contributed by atoms with Crippen molar-refractivity contribution in [3.63, 3.8) is 0 Å². The number of oxime groups is 1. The average Bonchev–Trinajstić information content (AvgIpc) is 3.24. The van der Waals surface area contributed by atoms with Gasteiger partial charge < -0.3 is 9.74 Å². The number of likely N-dealkylation sites (N-methyl/N-ethyl adjacent to an activating group) is 1. The smallest absolute Gasteiger partial charge is 0.141 e. The number of Topliss-reactive ketones (excluding diaryl/α,β-unsaturated/α-hetero) is 2. The molecule has 0 N–H and O–H groups in total. The van der Waals surface area contributed by atoms with Gasteiger partial charge >= 0.3 is 0 Å². The van der Waals surface area contributed by atoms with Gasteiger partial charge in [-0.3, -0.25) is 9.59 Å². The Bertz CT molecular complexity index is 748. The Balaban J connectivity index is 1.33. The first-order chi connectivity index (χ1) is 13.8. The minimum absolute atomic E-state index is 0.0690. The van der Waals surface area contributed by atoms with Gasteiger partial charge in [-0.25, -0.2) is 0 Å². The Morgan fingerprint density at radius 1 is 1.03 bits per heavy atom. The van der Waals surface area contributed by atoms with E-state index in [-0.39, 0.29) is 22.9 Å². The number of fused-ring (bicyclic) bond motifs is 5. The normalized spacial score (nSPS) is 49.1. The molecule has 0 aromatic rings. The van der Waals surface area contributed by atoms with Crippen molar-refractivity contribution >= 4 is 17.3 Å². The highest BCUT2D eigenvalue weighted by Gasteiger charge is 2.62. The number of carbonyl (C=O) groups excluding carboxylic acids is 2. The zero-order valence-corrected chi connectivity index (χ0v) is 18.3. The highest BCUT2D eigenvalue weighted by atomic mass is 16.6. The molecule has 4 saturated carbocycles. The highest BCUT2D eigenvalue weighted by Crippen LogP contribution is 2.64. The molecule has 1 aliphatic heterocycles. The van der Waals surface area contributed by atoms with Crippen LogP contribution in [0.25, 0.3) is 0 Å². The fraction of sp³-hybridized carbons (Fsp3) is 0.875. The maximum Gasteiger partial charge on any atom is 0.141 e. The van der Waals surface area contributed by atoms with E-state index in [0.29, 0.717) is 35.7 Å². The Labute approximate surface area is 174 Å². The third-order valence-electron chi connectivity index (χ3n) is 9.69. The first-order valence-electron chi connectivity index (χ1n) is 11.8. The van der Waals surface area contributed by atoms with Crippen LogP contribution >= 0.6 is 0 Å². The molecule has 0 aromatic heterocycles. The molecule has 0 unspecified atom stereocenters. The van der Waals surface area contributed by atoms with E-state index >= 15 is 0 Å². The van der Waals surface area contributed by atoms with Crippen LogP contribution in [0.5, 0.6) is 0 Å². The maximum atomic E-state index is 13.3. The van der Waals surface area contributed by atoms with Crippen molar-refractivity contribution in [1.29, 1.82) is 0 Å². The van der Waals surface area contributed by atoms with Gasteiger partial charge in [0.1, 0.15) is 17.7 Å². The summed E-state index contributed by atoms with van der Waals surface area (Å²) in [4.78, 5) is 34.0. The van der Waals surface area contributed by atoms with Crippen LogP contribution in [0, 0.1) is 34.5 Å². The second-order valence-corrected chi connectivity index (χ2v) is 11.2. The molecule has 5 heteroatoms. The van der Waals surface area contributed by atoms with E-state index in [9.17, 15) is 9.59 Å². The Kier molecular flexibility index (Phi) is 4.69. The summed E-state index contributed by atoms with van der Waals surface area (Å²) in [5.74, 6) is 2.39. The largest absolute Gasteiger partial charge is 0.391 e. The van der Waals surface area contributed by atoms with E-state index in [0.717, 1.165) is 70.2 Å². The van der Waals surface area contributed by atoms with E-state index in [1.54, 1.807) is 0 Å². The van der Waals surface area contributed by atoms with E-state index in [4.69, 9.17) is 4.84 Å². The minimum atomic E-state index is -0.159. The first kappa shape index (κ1) is 19.7. The molecule has 5 aliphatic rings. The monoisotopic (exact) mass is 400 g/mol. The third-order valence-corrected chi connectivity index (χ3v) is 9.69. The van der Waals surface area contributed by atoms with Gasteiger partial charge in [-0.1, -0.05) is 19.0 Å². The number of hydrogen-bond acceptors (Lipinski definition) is 5. The number of carbonyl (C=O) groups is 2. The van der Waals surface area contributed by atoms with Crippen LogP contribution in [0.3, 0.4) is 0 Å². The van der Waals surface area contributed by atoms with Crippen molar-refractivity contribution in [3.05, 3.63) is 0 Å². The summed E-state index contributed by atoms with van der Waals surface area (Å²) in [6, 6.07) is 0. The van der Waals surface area contributed by atoms with Crippen LogP contribution in [0.2, 0.25) is 0 Å². The SMILES string of the molecule is CN1CC[C@@H](O/N=C2\CC[C@@]3(C)[C@H](C2)C(=O)C[C@@H]2[C@@H]3CC[C@]3(C)C(=O)CC[C@@H]23)C1. The Morgan fingerprint density at radius 2 is 1.86 bits per heavy atom. The van der Waals surface area contributed by atoms with Gasteiger partial charge in [-0.15, -0.1) is 0 Å². The average molecular weight is 401 g/mol. The first-order valence-corrected chi connectivity index (χ1v) is 11.8. The van der Waals surface area contributed by atoms with E-state index < -0.39 is 0 Å². The quantitative estimate of drug-likeness (QED) is 0.661. The second-order valence-electron chi connectivity index (χ2n) is 11.2. The van der Waals surface area contributed by atoms with E-state index in [1.165, 1.54) is 0 Å². The molecule has 5 rings (SSSR count). The van der Waals surface area contributed by atoms with Crippen LogP contribution in [0.15, 0.2) is 5.16 Å². The van der Waals surface area contributed by atoms with E-state index in [1.807, 2.05) is 0 Å². The van der Waals surface area contributed by atoms with Gasteiger partial charge in [0.15, 0.2) is 0 Å². The molecular formula is C24H36N2O3. The molecule has 0 bridgehead atoms. The van der Waals surface area contributed by atoms with Crippen LogP contribution in [0.4, 0.5) is 0 Å². The topological polar surface area (TPSA) is 59.0 Å². The summed E-state index contributed by atoms with van der Waals surface area (Å²) in [7, 11) is 2.12. The lowest BCUT2D eigenvalue weighted by molar-refractivity contribution is -0.152. The fourth-order valence-electron chi connectivity index (χ4n) is 7.83. The van der Waals surface area contributed by atoms with Crippen LogP contribution < -0.4 is 0 Å². The lowest BCUT2D eigenvalue weighted by Gasteiger charge is -2.58. The standard InChI is InChI=1S/C24H36N2O3/c1-23-9-6-15(25-29-16-8-11-26(3)14-16)12-20(23)21(27)13-17-18-4-5-22(28)24(18,2)10-7-19(17)23/h16-20H,4-14H2,1-3H3/b25-15+/t16-,17+,18+,19+,20-,23-,24+/m1/s1. The second kappa shape index (κ2) is 6.90. The van der Waals surface area contributed by atoms with Crippen molar-refractivity contribution in [3.8, 4) is 0 Å². The number of rotatable bonds is 2. The molecule has 1 heterocycles. The molecule has 0 radical (unpaired) electrons. The van der Waals surface area contributed by atoms with Crippen molar-refractivity contribution < 1.29 is 14.4 Å². The predicted octanol–water partition coefficient (Wildman–Crippen LogP) is 3.85. The maximum absolute atomic E-state index is 13.3. The van der Waals surface area contributed by atoms with Gasteiger partial charge in [0, 0.05) is 43.7 Å². The summed E-state index contributed by atoms with van der Waals surface area (Å²) in [6.07, 6.45) is 8.54. The number of hydrogen-bond donors (Lipinski definition) is 0. The van der Waals surface area contributed by atoms with Crippen molar-refractivity contribution in [2.45, 2.75) is 77.7 Å². The van der Waals surface area contributed by atoms with Gasteiger partial charge in [0.2, 0.25) is 0 Å². The predicted molar refractivity (Wildman–Crippen MR) is 112 cm³/mol. The molecule has 0 spiro atoms. The van der Waals surface area contributed by atoms with E-state index in [2.05, 4.69) is 31.0 Å². The molecule has 0 aromatic carbocycles. The van der Waals surface area contributed by atoms with Gasteiger partial charge in [-0.2, -0.15) is 0 Å².